The van der Waals surface area contributed by atoms with E-state index in [2.05, 4.69) is 132 Å². The molecule has 0 rings (SSSR count). The number of aliphatic carboxylic acids is 20. The summed E-state index contributed by atoms with van der Waals surface area (Å²) in [7, 11) is 0. The predicted molar refractivity (Wildman–Crippen MR) is 391 cm³/mol. The fraction of sp³-hybridized carbons (Fsp3) is 0.0909. The largest absolute Gasteiger partial charge is 0.478 e. The van der Waals surface area contributed by atoms with Crippen LogP contribution in [0.15, 0.2) is 253 Å². The van der Waals surface area contributed by atoms with Gasteiger partial charge in [0, 0.05) is 128 Å². The molecule has 109 heavy (non-hydrogen) atoms. The van der Waals surface area contributed by atoms with Crippen molar-refractivity contribution < 1.29 is 213 Å². The highest BCUT2D eigenvalue weighted by atomic mass is 16.5. The lowest BCUT2D eigenvalue weighted by atomic mass is 10.7. The monoisotopic (exact) mass is 1570 g/mol. The standard InChI is InChI=1S/C6H14O3.20C3H4O2/c1-2-8-5-6-9-4-3-7;20*1-2-3(4)5/h7H,2-6H2,1H3;20*2H,1H2,(H,4,5). The molecule has 0 radical (unpaired) electrons. The van der Waals surface area contributed by atoms with Crippen molar-refractivity contribution in [3.63, 3.8) is 0 Å². The van der Waals surface area contributed by atoms with E-state index < -0.39 is 119 Å². The highest BCUT2D eigenvalue weighted by molar-refractivity contribution is 5.84. The Labute approximate surface area is 623 Å². The van der Waals surface area contributed by atoms with Gasteiger partial charge in [-0.2, -0.15) is 0 Å². The van der Waals surface area contributed by atoms with Crippen LogP contribution in [0.1, 0.15) is 6.92 Å². The summed E-state index contributed by atoms with van der Waals surface area (Å²) in [6, 6.07) is 0. The first-order valence-corrected chi connectivity index (χ1v) is 25.7. The van der Waals surface area contributed by atoms with E-state index in [-0.39, 0.29) is 6.61 Å². The Kier molecular flexibility index (Phi) is 211. The van der Waals surface area contributed by atoms with Crippen molar-refractivity contribution in [2.24, 2.45) is 0 Å². The van der Waals surface area contributed by atoms with Gasteiger partial charge in [0.1, 0.15) is 0 Å². The maximum Gasteiger partial charge on any atom is 0.327 e. The Morgan fingerprint density at radius 3 is 0.284 bits per heavy atom. The summed E-state index contributed by atoms with van der Waals surface area (Å²) in [6.45, 7) is 63.6. The van der Waals surface area contributed by atoms with Crippen molar-refractivity contribution in [3.8, 4) is 0 Å². The molecule has 0 aromatic heterocycles. The van der Waals surface area contributed by atoms with Gasteiger partial charge in [-0.15, -0.1) is 0 Å². The quantitative estimate of drug-likeness (QED) is 0.0392. The van der Waals surface area contributed by atoms with Crippen molar-refractivity contribution in [2.75, 3.05) is 33.0 Å². The molecule has 0 heterocycles. The van der Waals surface area contributed by atoms with Crippen LogP contribution in [0.4, 0.5) is 0 Å². The minimum absolute atomic E-state index is 0.0894. The van der Waals surface area contributed by atoms with Gasteiger partial charge in [-0.25, -0.2) is 95.9 Å². The normalized spacial score (nSPS) is 6.70. The lowest BCUT2D eigenvalue weighted by Crippen LogP contribution is -2.06. The SMILES string of the molecule is C=CC(=O)O.C=CC(=O)O.C=CC(=O)O.C=CC(=O)O.C=CC(=O)O.C=CC(=O)O.C=CC(=O)O.C=CC(=O)O.C=CC(=O)O.C=CC(=O)O.C=CC(=O)O.C=CC(=O)O.C=CC(=O)O.C=CC(=O)O.C=CC(=O)O.C=CC(=O)O.C=CC(=O)O.C=CC(=O)O.C=CC(=O)O.C=CC(=O)O.CCOCCOCCO. The molecule has 0 aromatic carbocycles. The van der Waals surface area contributed by atoms with Crippen molar-refractivity contribution in [2.45, 2.75) is 6.92 Å². The molecule has 43 heteroatoms. The fourth-order valence-corrected chi connectivity index (χ4v) is 0.429. The number of carboxylic acid groups (broad SMARTS) is 20. The van der Waals surface area contributed by atoms with Crippen LogP contribution in [0, 0.1) is 0 Å². The van der Waals surface area contributed by atoms with Crippen LogP contribution in [0.25, 0.3) is 0 Å². The number of hydrogen-bond acceptors (Lipinski definition) is 23. The van der Waals surface area contributed by atoms with E-state index in [4.69, 9.17) is 117 Å². The molecular formula is C66H94O43. The summed E-state index contributed by atoms with van der Waals surface area (Å²) in [6.07, 6.45) is 16.7. The summed E-state index contributed by atoms with van der Waals surface area (Å²) in [4.78, 5) is 185. The van der Waals surface area contributed by atoms with Crippen LogP contribution in [0.2, 0.25) is 0 Å². The molecule has 0 aliphatic heterocycles. The zero-order chi connectivity index (χ0) is 92.6. The molecule has 0 aromatic rings. The second-order valence-electron chi connectivity index (χ2n) is 12.4. The summed E-state index contributed by atoms with van der Waals surface area (Å²) >= 11 is 0. The molecule has 0 aliphatic carbocycles. The van der Waals surface area contributed by atoms with Gasteiger partial charge in [0.15, 0.2) is 0 Å². The average molecular weight is 1580 g/mol. The topological polar surface area (TPSA) is 785 Å². The first kappa shape index (κ1) is 152. The second-order valence-corrected chi connectivity index (χ2v) is 12.4. The number of hydrogen-bond donors (Lipinski definition) is 21. The van der Waals surface area contributed by atoms with Crippen LogP contribution in [-0.4, -0.2) is 260 Å². The van der Waals surface area contributed by atoms with E-state index in [0.29, 0.717) is 19.8 Å². The minimum Gasteiger partial charge on any atom is -0.478 e. The smallest absolute Gasteiger partial charge is 0.327 e. The van der Waals surface area contributed by atoms with Gasteiger partial charge >= 0.3 is 119 Å². The van der Waals surface area contributed by atoms with Gasteiger partial charge in [-0.1, -0.05) is 132 Å². The van der Waals surface area contributed by atoms with Gasteiger partial charge in [0.05, 0.1) is 26.4 Å². The van der Waals surface area contributed by atoms with Gasteiger partial charge in [0.25, 0.3) is 0 Å². The van der Waals surface area contributed by atoms with Crippen molar-refractivity contribution in [1.82, 2.24) is 0 Å². The molecule has 0 amide bonds. The third-order valence-corrected chi connectivity index (χ3v) is 4.30. The third kappa shape index (κ3) is 826. The minimum atomic E-state index is -0.981. The summed E-state index contributed by atoms with van der Waals surface area (Å²) < 4.78 is 9.88. The van der Waals surface area contributed by atoms with E-state index in [9.17, 15) is 95.9 Å². The number of aliphatic hydroxyl groups is 1. The van der Waals surface area contributed by atoms with Crippen molar-refractivity contribution in [1.29, 1.82) is 0 Å². The average Bonchev–Trinajstić information content (AvgIpc) is 3.63. The molecular weight excluding hydrogens is 1480 g/mol. The van der Waals surface area contributed by atoms with Crippen LogP contribution in [-0.2, 0) is 105 Å². The Morgan fingerprint density at radius 1 is 0.174 bits per heavy atom. The van der Waals surface area contributed by atoms with Crippen LogP contribution >= 0.6 is 0 Å². The molecule has 0 fully saturated rings. The van der Waals surface area contributed by atoms with E-state index in [0.717, 1.165) is 128 Å². The molecule has 43 nitrogen and oxygen atoms in total. The van der Waals surface area contributed by atoms with Crippen LogP contribution < -0.4 is 0 Å². The van der Waals surface area contributed by atoms with E-state index in [1.807, 2.05) is 6.92 Å². The predicted octanol–water partition coefficient (Wildman–Crippen LogP) is 5.17. The highest BCUT2D eigenvalue weighted by Gasteiger charge is 1.85. The number of carboxylic acids is 20. The van der Waals surface area contributed by atoms with E-state index in [1.54, 1.807) is 0 Å². The van der Waals surface area contributed by atoms with Gasteiger partial charge in [0.2, 0.25) is 0 Å². The highest BCUT2D eigenvalue weighted by Crippen LogP contribution is 1.76. The molecule has 0 aliphatic rings. The Hall–Kier alpha value is -15.9. The fourth-order valence-electron chi connectivity index (χ4n) is 0.429. The Balaban J connectivity index is -0.0000000393. The zero-order valence-electron chi connectivity index (χ0n) is 58.6. The number of rotatable bonds is 26. The number of ether oxygens (including phenoxy) is 2. The maximum absolute atomic E-state index is 9.25. The molecule has 0 saturated carbocycles. The Bertz CT molecular complexity index is 2020. The van der Waals surface area contributed by atoms with Crippen molar-refractivity contribution in [3.05, 3.63) is 253 Å². The second kappa shape index (κ2) is 151. The number of aliphatic hydroxyl groups excluding tert-OH is 1. The third-order valence-electron chi connectivity index (χ3n) is 4.30. The molecule has 0 unspecified atom stereocenters. The summed E-state index contributed by atoms with van der Waals surface area (Å²) in [5, 5.41) is 160. The molecule has 0 saturated heterocycles. The van der Waals surface area contributed by atoms with Gasteiger partial charge in [-0.3, -0.25) is 0 Å². The number of carbonyl (C=O) groups is 20. The van der Waals surface area contributed by atoms with Crippen LogP contribution in [0.3, 0.4) is 0 Å². The van der Waals surface area contributed by atoms with Crippen molar-refractivity contribution >= 4 is 119 Å². The summed E-state index contributed by atoms with van der Waals surface area (Å²) in [5.41, 5.74) is 0. The zero-order valence-corrected chi connectivity index (χ0v) is 58.6. The van der Waals surface area contributed by atoms with Gasteiger partial charge in [-0.05, 0) is 6.92 Å². The molecule has 616 valence electrons. The maximum atomic E-state index is 9.25. The van der Waals surface area contributed by atoms with E-state index >= 15 is 0 Å². The molecule has 0 bridgehead atoms. The summed E-state index contributed by atoms with van der Waals surface area (Å²) in [5.74, 6) is -19.6. The first-order chi connectivity index (χ1) is 49.8. The Morgan fingerprint density at radius 2 is 0.239 bits per heavy atom. The lowest BCUT2D eigenvalue weighted by molar-refractivity contribution is -0.132. The lowest BCUT2D eigenvalue weighted by Gasteiger charge is -2.00. The van der Waals surface area contributed by atoms with Crippen LogP contribution in [0.5, 0.6) is 0 Å². The molecule has 0 atom stereocenters. The van der Waals surface area contributed by atoms with E-state index in [1.165, 1.54) is 0 Å². The first-order valence-electron chi connectivity index (χ1n) is 25.7. The molecule has 0 spiro atoms. The van der Waals surface area contributed by atoms with Gasteiger partial charge < -0.3 is 117 Å². The molecule has 21 N–H and O–H groups in total.